The van der Waals surface area contributed by atoms with Gasteiger partial charge in [-0.3, -0.25) is 0 Å². The lowest BCUT2D eigenvalue weighted by atomic mass is 9.98. The van der Waals surface area contributed by atoms with Crippen molar-refractivity contribution < 1.29 is 13.2 Å². The summed E-state index contributed by atoms with van der Waals surface area (Å²) in [6.45, 7) is 2.43. The van der Waals surface area contributed by atoms with Gasteiger partial charge in [0.25, 0.3) is 0 Å². The molecule has 0 aromatic heterocycles. The molecule has 112 valence electrons. The van der Waals surface area contributed by atoms with E-state index in [4.69, 9.17) is 0 Å². The third kappa shape index (κ3) is 3.60. The van der Waals surface area contributed by atoms with Crippen LogP contribution in [-0.2, 0) is 0 Å². The summed E-state index contributed by atoms with van der Waals surface area (Å²) in [6, 6.07) is 7.27. The van der Waals surface area contributed by atoms with E-state index in [2.05, 4.69) is 43.8 Å². The first-order chi connectivity index (χ1) is 9.95. The molecule has 1 nitrogen and oxygen atoms in total. The molecule has 1 N–H and O–H groups in total. The molecule has 0 fully saturated rings. The monoisotopic (exact) mass is 469 g/mol. The van der Waals surface area contributed by atoms with Crippen molar-refractivity contribution in [3.05, 3.63) is 67.0 Å². The zero-order chi connectivity index (χ0) is 15.6. The summed E-state index contributed by atoms with van der Waals surface area (Å²) in [4.78, 5) is 0. The van der Waals surface area contributed by atoms with Crippen LogP contribution in [0.5, 0.6) is 0 Å². The molecule has 2 aromatic rings. The molecule has 1 atom stereocenters. The van der Waals surface area contributed by atoms with Crippen LogP contribution in [0.4, 0.5) is 13.2 Å². The fourth-order valence-corrected chi connectivity index (χ4v) is 3.12. The molecule has 0 aliphatic heterocycles. The Morgan fingerprint density at radius 2 is 1.81 bits per heavy atom. The highest BCUT2D eigenvalue weighted by Crippen LogP contribution is 2.31. The Morgan fingerprint density at radius 1 is 1.10 bits per heavy atom. The smallest absolute Gasteiger partial charge is 0.194 e. The van der Waals surface area contributed by atoms with E-state index in [1.165, 1.54) is 6.07 Å². The maximum atomic E-state index is 14.1. The van der Waals surface area contributed by atoms with Crippen molar-refractivity contribution in [3.63, 3.8) is 0 Å². The highest BCUT2D eigenvalue weighted by molar-refractivity contribution is 14.1. The number of nitrogens with one attached hydrogen (secondary N) is 1. The highest BCUT2D eigenvalue weighted by atomic mass is 127. The Balaban J connectivity index is 2.59. The number of halogens is 5. The number of hydrogen-bond acceptors (Lipinski definition) is 1. The van der Waals surface area contributed by atoms with Gasteiger partial charge in [-0.1, -0.05) is 28.9 Å². The van der Waals surface area contributed by atoms with Crippen molar-refractivity contribution >= 4 is 38.5 Å². The standard InChI is InChI=1S/C15H12BrF3IN/c1-2-21-15(10-7-8(16)3-6-12(10)20)9-4-5-11(17)14(19)13(9)18/h3-7,15,21H,2H2,1H3. The minimum Gasteiger partial charge on any atom is -0.306 e. The first-order valence-corrected chi connectivity index (χ1v) is 8.14. The van der Waals surface area contributed by atoms with Crippen LogP contribution >= 0.6 is 38.5 Å². The first kappa shape index (κ1) is 16.8. The van der Waals surface area contributed by atoms with E-state index >= 15 is 0 Å². The van der Waals surface area contributed by atoms with Crippen LogP contribution in [0.2, 0.25) is 0 Å². The van der Waals surface area contributed by atoms with Crippen LogP contribution in [0.1, 0.15) is 24.1 Å². The molecule has 1 unspecified atom stereocenters. The van der Waals surface area contributed by atoms with Crippen LogP contribution in [-0.4, -0.2) is 6.54 Å². The second-order valence-electron chi connectivity index (χ2n) is 4.42. The minimum atomic E-state index is -1.44. The average molecular weight is 470 g/mol. The van der Waals surface area contributed by atoms with Crippen LogP contribution in [0, 0.1) is 21.0 Å². The van der Waals surface area contributed by atoms with Crippen molar-refractivity contribution in [2.75, 3.05) is 6.54 Å². The van der Waals surface area contributed by atoms with E-state index < -0.39 is 23.5 Å². The Hall–Kier alpha value is -0.600. The molecule has 0 spiro atoms. The molecule has 0 saturated carbocycles. The van der Waals surface area contributed by atoms with Gasteiger partial charge in [0.2, 0.25) is 0 Å². The predicted octanol–water partition coefficient (Wildman–Crippen LogP) is 5.17. The molecule has 0 radical (unpaired) electrons. The lowest BCUT2D eigenvalue weighted by Crippen LogP contribution is -2.24. The van der Waals surface area contributed by atoms with Gasteiger partial charge in [0.05, 0.1) is 6.04 Å². The van der Waals surface area contributed by atoms with Crippen LogP contribution in [0.15, 0.2) is 34.8 Å². The molecule has 0 aliphatic rings. The molecule has 2 aromatic carbocycles. The Kier molecular flexibility index (Phi) is 5.67. The van der Waals surface area contributed by atoms with E-state index in [1.54, 1.807) is 0 Å². The first-order valence-electron chi connectivity index (χ1n) is 6.27. The largest absolute Gasteiger partial charge is 0.306 e. The van der Waals surface area contributed by atoms with Gasteiger partial charge in [0.1, 0.15) is 0 Å². The molecule has 0 bridgehead atoms. The molecule has 0 heterocycles. The second kappa shape index (κ2) is 7.11. The van der Waals surface area contributed by atoms with Gasteiger partial charge in [-0.05, 0) is 59.0 Å². The van der Waals surface area contributed by atoms with E-state index in [9.17, 15) is 13.2 Å². The summed E-state index contributed by atoms with van der Waals surface area (Å²) >= 11 is 5.51. The molecule has 0 saturated heterocycles. The predicted molar refractivity (Wildman–Crippen MR) is 88.7 cm³/mol. The van der Waals surface area contributed by atoms with Gasteiger partial charge >= 0.3 is 0 Å². The van der Waals surface area contributed by atoms with Gasteiger partial charge in [0, 0.05) is 13.6 Å². The normalized spacial score (nSPS) is 12.5. The second-order valence-corrected chi connectivity index (χ2v) is 6.50. The van der Waals surface area contributed by atoms with E-state index in [-0.39, 0.29) is 5.56 Å². The summed E-state index contributed by atoms with van der Waals surface area (Å²) in [5.74, 6) is -3.78. The number of benzene rings is 2. The van der Waals surface area contributed by atoms with Crippen molar-refractivity contribution in [1.29, 1.82) is 0 Å². The molecule has 21 heavy (non-hydrogen) atoms. The minimum absolute atomic E-state index is 0.0896. The van der Waals surface area contributed by atoms with E-state index in [0.29, 0.717) is 6.54 Å². The van der Waals surface area contributed by atoms with Crippen molar-refractivity contribution in [2.24, 2.45) is 0 Å². The van der Waals surface area contributed by atoms with Gasteiger partial charge in [0.15, 0.2) is 17.5 Å². The van der Waals surface area contributed by atoms with Crippen LogP contribution in [0.3, 0.4) is 0 Å². The van der Waals surface area contributed by atoms with Crippen molar-refractivity contribution in [2.45, 2.75) is 13.0 Å². The van der Waals surface area contributed by atoms with Crippen LogP contribution < -0.4 is 5.32 Å². The summed E-state index contributed by atoms with van der Waals surface area (Å²) in [5.41, 5.74) is 0.892. The quantitative estimate of drug-likeness (QED) is 0.481. The fourth-order valence-electron chi connectivity index (χ4n) is 2.09. The SMILES string of the molecule is CCNC(c1cc(Br)ccc1I)c1ccc(F)c(F)c1F. The third-order valence-electron chi connectivity index (χ3n) is 3.05. The summed E-state index contributed by atoms with van der Waals surface area (Å²) in [6.07, 6.45) is 0. The van der Waals surface area contributed by atoms with Crippen molar-refractivity contribution in [3.8, 4) is 0 Å². The Morgan fingerprint density at radius 3 is 2.48 bits per heavy atom. The van der Waals surface area contributed by atoms with Gasteiger partial charge in [-0.2, -0.15) is 0 Å². The summed E-state index contributed by atoms with van der Waals surface area (Å²) in [7, 11) is 0. The lowest BCUT2D eigenvalue weighted by Gasteiger charge is -2.21. The molecule has 6 heteroatoms. The van der Waals surface area contributed by atoms with Crippen molar-refractivity contribution in [1.82, 2.24) is 5.32 Å². The third-order valence-corrected chi connectivity index (χ3v) is 4.53. The highest BCUT2D eigenvalue weighted by Gasteiger charge is 2.23. The maximum Gasteiger partial charge on any atom is 0.194 e. The zero-order valence-corrected chi connectivity index (χ0v) is 14.8. The molecule has 0 amide bonds. The molecule has 2 rings (SSSR count). The number of hydrogen-bond donors (Lipinski definition) is 1. The average Bonchev–Trinajstić information content (AvgIpc) is 2.46. The summed E-state index contributed by atoms with van der Waals surface area (Å²) in [5, 5.41) is 3.12. The fraction of sp³-hybridized carbons (Fsp3) is 0.200. The molecular weight excluding hydrogens is 458 g/mol. The Labute approximate surface area is 143 Å². The maximum absolute atomic E-state index is 14.1. The topological polar surface area (TPSA) is 12.0 Å². The zero-order valence-electron chi connectivity index (χ0n) is 11.1. The molecular formula is C15H12BrF3IN. The summed E-state index contributed by atoms with van der Waals surface area (Å²) < 4.78 is 42.4. The molecule has 0 aliphatic carbocycles. The van der Waals surface area contributed by atoms with Crippen LogP contribution in [0.25, 0.3) is 0 Å². The van der Waals surface area contributed by atoms with E-state index in [1.807, 2.05) is 25.1 Å². The number of rotatable bonds is 4. The van der Waals surface area contributed by atoms with Gasteiger partial charge < -0.3 is 5.32 Å². The Bertz CT molecular complexity index is 664. The van der Waals surface area contributed by atoms with Gasteiger partial charge in [-0.15, -0.1) is 0 Å². The van der Waals surface area contributed by atoms with Gasteiger partial charge in [-0.25, -0.2) is 13.2 Å². The van der Waals surface area contributed by atoms with E-state index in [0.717, 1.165) is 19.7 Å². The lowest BCUT2D eigenvalue weighted by molar-refractivity contribution is 0.433.